The molecule has 2 aromatic carbocycles. The van der Waals surface area contributed by atoms with Gasteiger partial charge in [-0.05, 0) is 35.4 Å². The number of sulfonamides is 1. The van der Waals surface area contributed by atoms with E-state index in [1.807, 2.05) is 12.1 Å². The van der Waals surface area contributed by atoms with Gasteiger partial charge in [0.05, 0.1) is 19.4 Å². The van der Waals surface area contributed by atoms with E-state index in [9.17, 15) is 17.6 Å². The Kier molecular flexibility index (Phi) is 6.92. The molecular formula is C19H23FN2O4S. The Morgan fingerprint density at radius 2 is 1.74 bits per heavy atom. The lowest BCUT2D eigenvalue weighted by Gasteiger charge is -2.22. The first-order valence-electron chi connectivity index (χ1n) is 8.27. The molecule has 8 heteroatoms. The summed E-state index contributed by atoms with van der Waals surface area (Å²) in [6.45, 7) is 0.373. The predicted molar refractivity (Wildman–Crippen MR) is 101 cm³/mol. The maximum atomic E-state index is 13.2. The van der Waals surface area contributed by atoms with E-state index < -0.39 is 21.9 Å². The smallest absolute Gasteiger partial charge is 0.224 e. The topological polar surface area (TPSA) is 75.7 Å². The summed E-state index contributed by atoms with van der Waals surface area (Å²) in [5.74, 6) is 0.0533. The van der Waals surface area contributed by atoms with Crippen LogP contribution in [0.5, 0.6) is 5.75 Å². The third-order valence-electron chi connectivity index (χ3n) is 4.01. The fourth-order valence-electron chi connectivity index (χ4n) is 2.60. The minimum atomic E-state index is -3.55. The first-order valence-corrected chi connectivity index (χ1v) is 10.2. The van der Waals surface area contributed by atoms with Gasteiger partial charge in [0.1, 0.15) is 11.6 Å². The van der Waals surface area contributed by atoms with Gasteiger partial charge in [0.2, 0.25) is 15.9 Å². The maximum absolute atomic E-state index is 13.2. The van der Waals surface area contributed by atoms with Crippen LogP contribution in [0.3, 0.4) is 0 Å². The van der Waals surface area contributed by atoms with Gasteiger partial charge < -0.3 is 9.64 Å². The number of hydrogen-bond donors (Lipinski definition) is 1. The summed E-state index contributed by atoms with van der Waals surface area (Å²) in [4.78, 5) is 14.1. The summed E-state index contributed by atoms with van der Waals surface area (Å²) >= 11 is 0. The lowest BCUT2D eigenvalue weighted by Crippen LogP contribution is -2.34. The average Bonchev–Trinajstić information content (AvgIpc) is 2.61. The van der Waals surface area contributed by atoms with Gasteiger partial charge in [0.15, 0.2) is 0 Å². The number of carbonyl (C=O) groups excluding carboxylic acids is 1. The van der Waals surface area contributed by atoms with Gasteiger partial charge in [-0.1, -0.05) is 24.3 Å². The van der Waals surface area contributed by atoms with Crippen LogP contribution >= 0.6 is 0 Å². The number of amides is 1. The molecule has 1 N–H and O–H groups in total. The number of halogens is 1. The van der Waals surface area contributed by atoms with Crippen LogP contribution in [0.1, 0.15) is 23.6 Å². The summed E-state index contributed by atoms with van der Waals surface area (Å²) in [5.41, 5.74) is 1.44. The molecule has 6 nitrogen and oxygen atoms in total. The number of ether oxygens (including phenoxy) is 1. The van der Waals surface area contributed by atoms with Gasteiger partial charge in [-0.25, -0.2) is 17.5 Å². The molecule has 0 saturated heterocycles. The number of carbonyl (C=O) groups is 1. The Bertz CT molecular complexity index is 868. The van der Waals surface area contributed by atoms with Crippen molar-refractivity contribution in [1.82, 2.24) is 9.62 Å². The molecule has 0 aromatic heterocycles. The van der Waals surface area contributed by atoms with Crippen molar-refractivity contribution in [2.75, 3.05) is 20.4 Å². The molecule has 27 heavy (non-hydrogen) atoms. The second-order valence-corrected chi connectivity index (χ2v) is 8.08. The average molecular weight is 394 g/mol. The Balaban J connectivity index is 2.10. The van der Waals surface area contributed by atoms with Crippen LogP contribution in [0.2, 0.25) is 0 Å². The van der Waals surface area contributed by atoms with Crippen LogP contribution in [-0.2, 0) is 21.4 Å². The first kappa shape index (κ1) is 20.9. The third-order valence-corrected chi connectivity index (χ3v) is 4.72. The highest BCUT2D eigenvalue weighted by Gasteiger charge is 2.22. The Morgan fingerprint density at radius 3 is 2.26 bits per heavy atom. The Hall–Kier alpha value is -2.45. The van der Waals surface area contributed by atoms with Crippen molar-refractivity contribution >= 4 is 15.9 Å². The van der Waals surface area contributed by atoms with Crippen LogP contribution in [-0.4, -0.2) is 39.6 Å². The van der Waals surface area contributed by atoms with Crippen LogP contribution < -0.4 is 9.46 Å². The van der Waals surface area contributed by atoms with Gasteiger partial charge in [-0.2, -0.15) is 0 Å². The van der Waals surface area contributed by atoms with E-state index in [1.54, 1.807) is 26.3 Å². The van der Waals surface area contributed by atoms with Crippen molar-refractivity contribution < 1.29 is 22.3 Å². The molecule has 2 aromatic rings. The molecule has 0 fully saturated rings. The fourth-order valence-corrected chi connectivity index (χ4v) is 3.34. The van der Waals surface area contributed by atoms with Crippen LogP contribution in [0.15, 0.2) is 48.5 Å². The molecule has 0 radical (unpaired) electrons. The monoisotopic (exact) mass is 394 g/mol. The van der Waals surface area contributed by atoms with E-state index in [0.29, 0.717) is 12.1 Å². The summed E-state index contributed by atoms with van der Waals surface area (Å²) in [6, 6.07) is 12.0. The molecule has 0 spiro atoms. The molecule has 0 unspecified atom stereocenters. The van der Waals surface area contributed by atoms with Crippen LogP contribution in [0, 0.1) is 5.82 Å². The molecule has 0 saturated carbocycles. The molecule has 0 aliphatic carbocycles. The van der Waals surface area contributed by atoms with E-state index in [2.05, 4.69) is 4.72 Å². The van der Waals surface area contributed by atoms with Crippen molar-refractivity contribution in [3.05, 3.63) is 65.5 Å². The quantitative estimate of drug-likeness (QED) is 0.746. The van der Waals surface area contributed by atoms with E-state index in [0.717, 1.165) is 17.6 Å². The highest BCUT2D eigenvalue weighted by atomic mass is 32.2. The summed E-state index contributed by atoms with van der Waals surface area (Å²) in [7, 11) is -0.322. The SMILES string of the molecule is COc1ccc(CN(C)C(=O)C[C@H](NS(C)(=O)=O)c2ccc(F)cc2)cc1. The van der Waals surface area contributed by atoms with Crippen molar-refractivity contribution in [3.8, 4) is 5.75 Å². The molecule has 2 rings (SSSR count). The van der Waals surface area contributed by atoms with Crippen molar-refractivity contribution in [2.45, 2.75) is 19.0 Å². The zero-order chi connectivity index (χ0) is 20.0. The fraction of sp³-hybridized carbons (Fsp3) is 0.316. The standard InChI is InChI=1S/C19H23FN2O4S/c1-22(13-14-4-10-17(26-2)11-5-14)19(23)12-18(21-27(3,24)25)15-6-8-16(20)9-7-15/h4-11,18,21H,12-13H2,1-3H3/t18-/m0/s1. The molecule has 1 atom stereocenters. The second kappa shape index (κ2) is 8.96. The summed E-state index contributed by atoms with van der Waals surface area (Å²) in [5, 5.41) is 0. The van der Waals surface area contributed by atoms with Gasteiger partial charge in [-0.15, -0.1) is 0 Å². The number of methoxy groups -OCH3 is 1. The number of rotatable bonds is 8. The number of hydrogen-bond acceptors (Lipinski definition) is 4. The number of benzene rings is 2. The second-order valence-electron chi connectivity index (χ2n) is 6.30. The van der Waals surface area contributed by atoms with E-state index in [-0.39, 0.29) is 12.3 Å². The van der Waals surface area contributed by atoms with E-state index >= 15 is 0 Å². The predicted octanol–water partition coefficient (Wildman–Crippen LogP) is 2.47. The lowest BCUT2D eigenvalue weighted by molar-refractivity contribution is -0.130. The number of nitrogens with zero attached hydrogens (tertiary/aromatic N) is 1. The summed E-state index contributed by atoms with van der Waals surface area (Å²) < 4.78 is 44.0. The molecule has 0 heterocycles. The third kappa shape index (κ3) is 6.65. The minimum absolute atomic E-state index is 0.0780. The van der Waals surface area contributed by atoms with Gasteiger partial charge >= 0.3 is 0 Å². The van der Waals surface area contributed by atoms with Gasteiger partial charge in [0, 0.05) is 20.0 Å². The van der Waals surface area contributed by atoms with Crippen LogP contribution in [0.4, 0.5) is 4.39 Å². The number of nitrogens with one attached hydrogen (secondary N) is 1. The van der Waals surface area contributed by atoms with Crippen molar-refractivity contribution in [3.63, 3.8) is 0 Å². The maximum Gasteiger partial charge on any atom is 0.224 e. The zero-order valence-electron chi connectivity index (χ0n) is 15.5. The molecule has 0 bridgehead atoms. The van der Waals surface area contributed by atoms with Crippen molar-refractivity contribution in [1.29, 1.82) is 0 Å². The van der Waals surface area contributed by atoms with Crippen LogP contribution in [0.25, 0.3) is 0 Å². The Labute approximate surface area is 159 Å². The van der Waals surface area contributed by atoms with Crippen molar-refractivity contribution in [2.24, 2.45) is 0 Å². The molecule has 0 aliphatic heterocycles. The zero-order valence-corrected chi connectivity index (χ0v) is 16.3. The normalized spacial score (nSPS) is 12.4. The van der Waals surface area contributed by atoms with E-state index in [1.165, 1.54) is 29.2 Å². The molecule has 0 aliphatic rings. The highest BCUT2D eigenvalue weighted by molar-refractivity contribution is 7.88. The minimum Gasteiger partial charge on any atom is -0.497 e. The van der Waals surface area contributed by atoms with Gasteiger partial charge in [-0.3, -0.25) is 4.79 Å². The summed E-state index contributed by atoms with van der Waals surface area (Å²) in [6.07, 6.45) is 0.945. The first-order chi connectivity index (χ1) is 12.7. The molecular weight excluding hydrogens is 371 g/mol. The highest BCUT2D eigenvalue weighted by Crippen LogP contribution is 2.20. The molecule has 1 amide bonds. The molecule has 146 valence electrons. The lowest BCUT2D eigenvalue weighted by atomic mass is 10.0. The van der Waals surface area contributed by atoms with E-state index in [4.69, 9.17) is 4.74 Å². The Morgan fingerprint density at radius 1 is 1.15 bits per heavy atom. The van der Waals surface area contributed by atoms with Gasteiger partial charge in [0.25, 0.3) is 0 Å². The largest absolute Gasteiger partial charge is 0.497 e.